The van der Waals surface area contributed by atoms with E-state index in [0.29, 0.717) is 17.0 Å². The number of hydrogen-bond acceptors (Lipinski definition) is 4. The molecule has 0 fully saturated rings. The van der Waals surface area contributed by atoms with Gasteiger partial charge in [0.05, 0.1) is 19.1 Å². The minimum absolute atomic E-state index is 0.0460. The van der Waals surface area contributed by atoms with E-state index in [1.165, 1.54) is 21.5 Å². The summed E-state index contributed by atoms with van der Waals surface area (Å²) in [6, 6.07) is 10.4. The van der Waals surface area contributed by atoms with E-state index in [1.54, 1.807) is 35.9 Å². The smallest absolute Gasteiger partial charge is 0.337 e. The Bertz CT molecular complexity index is 1400. The Labute approximate surface area is 182 Å². The Kier molecular flexibility index (Phi) is 5.65. The molecule has 0 N–H and O–H groups in total. The zero-order chi connectivity index (χ0) is 23.0. The Morgan fingerprint density at radius 1 is 1.03 bits per heavy atom. The van der Waals surface area contributed by atoms with Crippen LogP contribution in [0.1, 0.15) is 19.4 Å². The fraction of sp³-hybridized carbons (Fsp3) is 0.261. The van der Waals surface area contributed by atoms with E-state index in [1.807, 2.05) is 13.8 Å². The van der Waals surface area contributed by atoms with Crippen LogP contribution in [0.3, 0.4) is 0 Å². The second kappa shape index (κ2) is 8.41. The SMILES string of the molecule is COc1ccc(-n2c(=O)n(CC(C)C)c(=O)c3c2ncn3Cc2ccc(F)c(F)c2)cc1. The van der Waals surface area contributed by atoms with Gasteiger partial charge in [0.15, 0.2) is 22.8 Å². The fourth-order valence-electron chi connectivity index (χ4n) is 3.62. The number of hydrogen-bond donors (Lipinski definition) is 0. The number of aromatic nitrogens is 4. The van der Waals surface area contributed by atoms with Gasteiger partial charge in [-0.1, -0.05) is 19.9 Å². The van der Waals surface area contributed by atoms with E-state index in [9.17, 15) is 18.4 Å². The molecule has 7 nitrogen and oxygen atoms in total. The fourth-order valence-corrected chi connectivity index (χ4v) is 3.62. The van der Waals surface area contributed by atoms with Gasteiger partial charge in [-0.2, -0.15) is 0 Å². The number of imidazole rings is 1. The van der Waals surface area contributed by atoms with Crippen molar-refractivity contribution < 1.29 is 13.5 Å². The maximum atomic E-state index is 13.7. The van der Waals surface area contributed by atoms with E-state index in [2.05, 4.69) is 4.98 Å². The third kappa shape index (κ3) is 3.81. The predicted molar refractivity (Wildman–Crippen MR) is 116 cm³/mol. The molecule has 2 aromatic carbocycles. The molecule has 2 heterocycles. The van der Waals surface area contributed by atoms with E-state index >= 15 is 0 Å². The van der Waals surface area contributed by atoms with Gasteiger partial charge in [-0.3, -0.25) is 9.36 Å². The van der Waals surface area contributed by atoms with Gasteiger partial charge in [-0.25, -0.2) is 23.1 Å². The topological polar surface area (TPSA) is 71.1 Å². The van der Waals surface area contributed by atoms with E-state index in [0.717, 1.165) is 12.1 Å². The summed E-state index contributed by atoms with van der Waals surface area (Å²) in [4.78, 5) is 30.9. The maximum Gasteiger partial charge on any atom is 0.337 e. The van der Waals surface area contributed by atoms with Crippen molar-refractivity contribution in [2.24, 2.45) is 5.92 Å². The predicted octanol–water partition coefficient (Wildman–Crippen LogP) is 3.34. The van der Waals surface area contributed by atoms with Crippen molar-refractivity contribution in [3.63, 3.8) is 0 Å². The van der Waals surface area contributed by atoms with Crippen LogP contribution < -0.4 is 16.0 Å². The van der Waals surface area contributed by atoms with Gasteiger partial charge in [0.2, 0.25) is 0 Å². The molecule has 0 bridgehead atoms. The summed E-state index contributed by atoms with van der Waals surface area (Å²) in [6.45, 7) is 4.13. The molecule has 0 aliphatic carbocycles. The average molecular weight is 440 g/mol. The van der Waals surface area contributed by atoms with Crippen LogP contribution in [0, 0.1) is 17.6 Å². The third-order valence-corrected chi connectivity index (χ3v) is 5.12. The van der Waals surface area contributed by atoms with Crippen LogP contribution in [0.2, 0.25) is 0 Å². The highest BCUT2D eigenvalue weighted by atomic mass is 19.2. The number of benzene rings is 2. The lowest BCUT2D eigenvalue weighted by atomic mass is 10.2. The molecule has 2 aromatic heterocycles. The molecule has 32 heavy (non-hydrogen) atoms. The summed E-state index contributed by atoms with van der Waals surface area (Å²) in [5.41, 5.74) is 0.387. The van der Waals surface area contributed by atoms with Crippen LogP contribution in [0.25, 0.3) is 16.9 Å². The number of ether oxygens (including phenoxy) is 1. The van der Waals surface area contributed by atoms with Crippen molar-refractivity contribution in [2.75, 3.05) is 7.11 Å². The first kappa shape index (κ1) is 21.5. The lowest BCUT2D eigenvalue weighted by molar-refractivity contribution is 0.414. The van der Waals surface area contributed by atoms with Crippen LogP contribution in [0.4, 0.5) is 8.78 Å². The Balaban J connectivity index is 1.95. The van der Waals surface area contributed by atoms with Crippen molar-refractivity contribution >= 4 is 11.2 Å². The minimum atomic E-state index is -0.973. The van der Waals surface area contributed by atoms with Gasteiger partial charge < -0.3 is 9.30 Å². The molecule has 166 valence electrons. The molecule has 0 atom stereocenters. The third-order valence-electron chi connectivity index (χ3n) is 5.12. The van der Waals surface area contributed by atoms with Crippen molar-refractivity contribution in [2.45, 2.75) is 26.9 Å². The number of methoxy groups -OCH3 is 1. The van der Waals surface area contributed by atoms with Crippen LogP contribution in [0.5, 0.6) is 5.75 Å². The van der Waals surface area contributed by atoms with Gasteiger partial charge in [0.25, 0.3) is 5.56 Å². The number of rotatable bonds is 6. The molecule has 0 saturated carbocycles. The van der Waals surface area contributed by atoms with Crippen molar-refractivity contribution in [1.29, 1.82) is 0 Å². The maximum absolute atomic E-state index is 13.7. The molecule has 0 amide bonds. The standard InChI is InChI=1S/C23H22F2N4O3/c1-14(2)11-28-22(30)20-21(29(23(28)31)16-5-7-17(32-3)8-6-16)26-13-27(20)12-15-4-9-18(24)19(25)10-15/h4-10,13-14H,11-12H2,1-3H3. The Hall–Kier alpha value is -3.75. The zero-order valence-corrected chi connectivity index (χ0v) is 17.9. The molecule has 0 aliphatic rings. The second-order valence-corrected chi connectivity index (χ2v) is 7.92. The van der Waals surface area contributed by atoms with E-state index in [-0.39, 0.29) is 30.2 Å². The summed E-state index contributed by atoms with van der Waals surface area (Å²) >= 11 is 0. The molecule has 4 aromatic rings. The molecule has 0 unspecified atom stereocenters. The van der Waals surface area contributed by atoms with Crippen molar-refractivity contribution in [1.82, 2.24) is 18.7 Å². The van der Waals surface area contributed by atoms with Gasteiger partial charge in [-0.15, -0.1) is 0 Å². The molecule has 0 spiro atoms. The highest BCUT2D eigenvalue weighted by molar-refractivity contribution is 5.72. The quantitative estimate of drug-likeness (QED) is 0.461. The summed E-state index contributed by atoms with van der Waals surface area (Å²) in [5.74, 6) is -1.25. The lowest BCUT2D eigenvalue weighted by Gasteiger charge is -2.14. The average Bonchev–Trinajstić information content (AvgIpc) is 3.17. The molecule has 0 radical (unpaired) electrons. The van der Waals surface area contributed by atoms with Gasteiger partial charge in [0, 0.05) is 13.1 Å². The lowest BCUT2D eigenvalue weighted by Crippen LogP contribution is -2.41. The van der Waals surface area contributed by atoms with Crippen LogP contribution >= 0.6 is 0 Å². The van der Waals surface area contributed by atoms with Crippen LogP contribution in [0.15, 0.2) is 58.4 Å². The first-order valence-electron chi connectivity index (χ1n) is 10.1. The molecule has 9 heteroatoms. The van der Waals surface area contributed by atoms with Gasteiger partial charge >= 0.3 is 5.69 Å². The van der Waals surface area contributed by atoms with Gasteiger partial charge in [0.1, 0.15) is 5.75 Å². The minimum Gasteiger partial charge on any atom is -0.497 e. The molecular weight excluding hydrogens is 418 g/mol. The van der Waals surface area contributed by atoms with Crippen molar-refractivity contribution in [3.8, 4) is 11.4 Å². The number of fused-ring (bicyclic) bond motifs is 1. The highest BCUT2D eigenvalue weighted by Gasteiger charge is 2.20. The first-order valence-corrected chi connectivity index (χ1v) is 10.1. The largest absolute Gasteiger partial charge is 0.497 e. The first-order chi connectivity index (χ1) is 15.3. The summed E-state index contributed by atoms with van der Waals surface area (Å²) in [6.07, 6.45) is 1.42. The normalized spacial score (nSPS) is 11.4. The Morgan fingerprint density at radius 2 is 1.75 bits per heavy atom. The summed E-state index contributed by atoms with van der Waals surface area (Å²) in [5, 5.41) is 0. The molecule has 0 saturated heterocycles. The second-order valence-electron chi connectivity index (χ2n) is 7.92. The van der Waals surface area contributed by atoms with E-state index < -0.39 is 22.9 Å². The number of halogens is 2. The van der Waals surface area contributed by atoms with Gasteiger partial charge in [-0.05, 0) is 47.9 Å². The molecule has 0 aliphatic heterocycles. The monoisotopic (exact) mass is 440 g/mol. The highest BCUT2D eigenvalue weighted by Crippen LogP contribution is 2.18. The van der Waals surface area contributed by atoms with Crippen LogP contribution in [-0.4, -0.2) is 25.8 Å². The van der Waals surface area contributed by atoms with E-state index in [4.69, 9.17) is 4.74 Å². The Morgan fingerprint density at radius 3 is 2.38 bits per heavy atom. The molecular formula is C23H22F2N4O3. The van der Waals surface area contributed by atoms with Crippen LogP contribution in [-0.2, 0) is 13.1 Å². The zero-order valence-electron chi connectivity index (χ0n) is 17.9. The summed E-state index contributed by atoms with van der Waals surface area (Å²) < 4.78 is 36.3. The summed E-state index contributed by atoms with van der Waals surface area (Å²) in [7, 11) is 1.54. The number of nitrogens with zero attached hydrogens (tertiary/aromatic N) is 4. The molecule has 4 rings (SSSR count). The van der Waals surface area contributed by atoms with Crippen molar-refractivity contribution in [3.05, 3.63) is 86.8 Å².